The Hall–Kier alpha value is -2.64. The van der Waals surface area contributed by atoms with Crippen molar-refractivity contribution in [1.82, 2.24) is 42.0 Å². The van der Waals surface area contributed by atoms with E-state index in [9.17, 15) is 67.1 Å². The fourth-order valence-electron chi connectivity index (χ4n) is 10.2. The average molecular weight is 2290 g/mol. The number of ketones is 3. The van der Waals surface area contributed by atoms with E-state index in [1.807, 2.05) is 80.6 Å². The Morgan fingerprint density at radius 2 is 0.662 bits per heavy atom. The molecule has 4 aliphatic rings. The molecule has 0 spiro atoms. The van der Waals surface area contributed by atoms with Gasteiger partial charge in [0.25, 0.3) is 23.6 Å². The molecule has 8 atom stereocenters. The molecule has 2 heterocycles. The molecule has 40 nitrogen and oxygen atoms in total. The van der Waals surface area contributed by atoms with E-state index in [2.05, 4.69) is 89.8 Å². The van der Waals surface area contributed by atoms with E-state index in [1.54, 1.807) is 25.9 Å². The van der Waals surface area contributed by atoms with Gasteiger partial charge < -0.3 is 102 Å². The van der Waals surface area contributed by atoms with E-state index >= 15 is 0 Å². The van der Waals surface area contributed by atoms with Crippen LogP contribution in [0.3, 0.4) is 0 Å². The molecule has 2 saturated carbocycles. The number of aliphatic imine (C=N–C) groups is 2. The standard InChI is InChI=1S/C18H34N4O4S2.C16H28N2O6S2.C16H30N2O4S2.C14H16N2O9.C8H18N2S2.3C5H11B.CH5N.CH4.IO4.Na/c1-15(23)13-25-7-8-26-14-18(24)22-6-10-28-17(12-21-4)16(11-20-3)27-9-5-19-2;1-13(21)11-23-5-6-24-12-16(22)18-4-8-26-15(10-20)14(9-19)25-7-3-17-2;1-13(19)11-21-7-8-22-12-16(20)18-6-10-24-15-4-3-14(15)23-9-5-17-2;17-9-1-2-10(18)15(9)24-13(21)5-7-23-8-6-14(22)25-16-11(19)3-4-12(16)20;9-3-5-11-7-1-2-8(7)12-6-4-10;3*1-2-3-4-5-6;1-2;;2-1(3,4)5;/h11-12,16-17,19H,5-10,13-14H2,1-4H3,(H,22,24);9-10,14-15,17H,3-8,11-12H2,1-2H3,(H,18,22);14-15,17H,3-12H2,1-2H3,(H,18,20);1-8H2;7-8H,1-6,9-10H2;3*2-5H2,1H3;2H2,1H3;1H4;;/q;;;;;;;;;;-1;+1. The van der Waals surface area contributed by atoms with Gasteiger partial charge in [0.1, 0.15) is 72.3 Å². The monoisotopic (exact) mass is 2290 g/mol. The number of carbonyl (C=O) groups is 14. The van der Waals surface area contributed by atoms with Crippen LogP contribution in [-0.4, -0.2) is 404 Å². The summed E-state index contributed by atoms with van der Waals surface area (Å²) in [5.74, 6) is 2.78. The third kappa shape index (κ3) is 106. The van der Waals surface area contributed by atoms with E-state index in [0.29, 0.717) is 55.3 Å². The summed E-state index contributed by atoms with van der Waals surface area (Å²) >= 11 is 8.51. The Morgan fingerprint density at radius 3 is 0.894 bits per heavy atom. The molecular weight excluding hydrogens is 2120 g/mol. The number of thioether (sulfide) groups is 8. The molecule has 2 aliphatic carbocycles. The van der Waals surface area contributed by atoms with Gasteiger partial charge in [-0.2, -0.15) is 47.0 Å². The van der Waals surface area contributed by atoms with Crippen LogP contribution in [0.5, 0.6) is 0 Å². The second-order valence-corrected chi connectivity index (χ2v) is 42.3. The number of aldehydes is 2. The van der Waals surface area contributed by atoms with E-state index in [-0.39, 0.29) is 199 Å². The maximum Gasteiger partial charge on any atom is 1.00 e. The van der Waals surface area contributed by atoms with Crippen LogP contribution in [0.15, 0.2) is 9.98 Å². The number of halogens is 1. The number of ether oxygens (including phenoxy) is 7. The zero-order valence-corrected chi connectivity index (χ0v) is 96.3. The average Bonchev–Trinajstić information content (AvgIpc) is 1.13. The summed E-state index contributed by atoms with van der Waals surface area (Å²) in [6.45, 7) is 18.6. The van der Waals surface area contributed by atoms with Gasteiger partial charge >= 0.3 is 41.5 Å². The predicted octanol–water partition coefficient (Wildman–Crippen LogP) is -4.31. The van der Waals surface area contributed by atoms with Crippen LogP contribution in [0.25, 0.3) is 0 Å². The van der Waals surface area contributed by atoms with Gasteiger partial charge in [-0.3, -0.25) is 71.7 Å². The largest absolute Gasteiger partial charge is 1.00 e. The van der Waals surface area contributed by atoms with Crippen LogP contribution in [-0.2, 0) is 110 Å². The number of nitrogens with one attached hydrogen (secondary N) is 6. The zero-order chi connectivity index (χ0) is 106. The van der Waals surface area contributed by atoms with Crippen LogP contribution < -0.4 is 112 Å². The number of nitrogens with two attached hydrogens (primary N) is 3. The number of hydroxylamine groups is 4. The number of amides is 7. The van der Waals surface area contributed by atoms with Gasteiger partial charge in [-0.15, -0.1) is 57.2 Å². The summed E-state index contributed by atoms with van der Waals surface area (Å²) < 4.78 is 70.2. The summed E-state index contributed by atoms with van der Waals surface area (Å²) in [5.41, 5.74) is 15.4. The van der Waals surface area contributed by atoms with Gasteiger partial charge in [0.2, 0.25) is 17.7 Å². The minimum atomic E-state index is -5.94. The van der Waals surface area contributed by atoms with Crippen molar-refractivity contribution in [1.29, 1.82) is 0 Å². The molecule has 8 unspecified atom stereocenters. The van der Waals surface area contributed by atoms with Crippen molar-refractivity contribution in [2.45, 2.75) is 232 Å². The van der Waals surface area contributed by atoms with Crippen LogP contribution in [0, 0.1) is 0 Å². The normalized spacial score (nSPS) is 15.5. The Labute approximate surface area is 913 Å². The molecule has 12 N–H and O–H groups in total. The van der Waals surface area contributed by atoms with E-state index in [0.717, 1.165) is 120 Å². The van der Waals surface area contributed by atoms with Crippen molar-refractivity contribution in [2.75, 3.05) is 233 Å². The fourth-order valence-corrected chi connectivity index (χ4v) is 20.5. The van der Waals surface area contributed by atoms with Crippen molar-refractivity contribution in [3.63, 3.8) is 0 Å². The zero-order valence-electron chi connectivity index (χ0n) is 85.6. The first-order valence-corrected chi connectivity index (χ1v) is 58.9. The minimum absolute atomic E-state index is 0. The predicted molar refractivity (Wildman–Crippen MR) is 567 cm³/mol. The Morgan fingerprint density at radius 1 is 0.415 bits per heavy atom. The number of hydrogen-bond acceptors (Lipinski definition) is 43. The Bertz CT molecular complexity index is 3070. The fraction of sp³-hybridized carbons (Fsp3) is 0.820. The van der Waals surface area contributed by atoms with Gasteiger partial charge in [-0.25, -0.2) is 9.59 Å². The van der Waals surface area contributed by atoms with Crippen molar-refractivity contribution < 1.29 is 173 Å². The first-order valence-electron chi connectivity index (χ1n) is 47.0. The second kappa shape index (κ2) is 115. The van der Waals surface area contributed by atoms with Gasteiger partial charge in [-0.1, -0.05) is 105 Å². The second-order valence-electron chi connectivity index (χ2n) is 29.6. The van der Waals surface area contributed by atoms with Crippen molar-refractivity contribution in [2.24, 2.45) is 27.2 Å². The Kier molecular flexibility index (Phi) is 126. The molecule has 142 heavy (non-hydrogen) atoms. The maximum atomic E-state index is 11.8. The van der Waals surface area contributed by atoms with Crippen LogP contribution in [0.2, 0.25) is 19.0 Å². The molecule has 2 saturated heterocycles. The molecule has 7 amide bonds. The van der Waals surface area contributed by atoms with Crippen LogP contribution in [0.4, 0.5) is 0 Å². The van der Waals surface area contributed by atoms with Gasteiger partial charge in [0, 0.05) is 172 Å². The number of Topliss-reactive ketones (excluding diaryl/α,β-unsaturated/α-hetero) is 3. The van der Waals surface area contributed by atoms with Gasteiger partial charge in [-0.05, 0) is 74.6 Å². The molecule has 0 aromatic heterocycles. The Balaban J connectivity index is -0.000000249. The summed E-state index contributed by atoms with van der Waals surface area (Å²) in [5, 5.41) is 21.4. The molecule has 0 aromatic rings. The molecule has 0 aromatic carbocycles. The van der Waals surface area contributed by atoms with E-state index in [4.69, 9.17) is 81.9 Å². The minimum Gasteiger partial charge on any atom is -0.380 e. The number of hydrogen-bond donors (Lipinski definition) is 9. The first kappa shape index (κ1) is 155. The van der Waals surface area contributed by atoms with Crippen molar-refractivity contribution >= 4 is 213 Å². The first-order chi connectivity index (χ1) is 67.2. The number of carbonyl (C=O) groups excluding carboxylic acids is 14. The summed E-state index contributed by atoms with van der Waals surface area (Å²) in [6.07, 6.45) is 24.2. The molecular formula is C89H168B3IN13NaO27S8. The quantitative estimate of drug-likeness (QED) is 0.00694. The number of nitrogens with zero attached hydrogens (tertiary/aromatic N) is 4. The number of unbranched alkanes of at least 4 members (excludes halogenated alkanes) is 6. The van der Waals surface area contributed by atoms with E-state index < -0.39 is 60.9 Å². The third-order valence-corrected chi connectivity index (χ3v) is 28.8. The summed E-state index contributed by atoms with van der Waals surface area (Å²) in [7, 11) is 26.4. The summed E-state index contributed by atoms with van der Waals surface area (Å²) in [6, 6.07) is 0. The number of imide groups is 2. The SMILES string of the molecule is C.CN.CN=CC(SCCNC)C(C=NC)SCCNC(=O)COCCOCC(C)=O.CNCCSC(C=O)C(C=O)SCCNC(=O)COCCOCC(C)=O.CNCCSC1CCC1SCCNC(=O)COCCOCC(C)=O.NCCSC1CCC1SCCN.O=C(CCOCCC(=O)ON1C(=O)CCC1=O)ON1C(=O)CCC1=O.[B]CCCCC.[B]CCCCC.[B]CCCCC.[Na+].[O-][I+3]([O-])([O-])[O-]. The maximum absolute atomic E-state index is 11.8. The molecule has 0 bridgehead atoms. The van der Waals surface area contributed by atoms with E-state index in [1.165, 1.54) is 141 Å². The van der Waals surface area contributed by atoms with Crippen molar-refractivity contribution in [3.05, 3.63) is 0 Å². The van der Waals surface area contributed by atoms with Crippen LogP contribution in [0.1, 0.15) is 171 Å². The van der Waals surface area contributed by atoms with Gasteiger partial charge in [0.15, 0.2) is 17.3 Å². The molecule has 2 aliphatic heterocycles. The molecule has 4 rings (SSSR count). The van der Waals surface area contributed by atoms with Gasteiger partial charge in [0.05, 0.1) is 110 Å². The molecule has 816 valence electrons. The smallest absolute Gasteiger partial charge is 0.380 e. The molecule has 6 radical (unpaired) electrons. The van der Waals surface area contributed by atoms with Crippen LogP contribution >= 0.6 is 94.1 Å². The van der Waals surface area contributed by atoms with Crippen molar-refractivity contribution in [3.8, 4) is 0 Å². The number of rotatable bonds is 74. The molecule has 53 heteroatoms. The topological polar surface area (TPSA) is 596 Å². The third-order valence-electron chi connectivity index (χ3n) is 17.4. The summed E-state index contributed by atoms with van der Waals surface area (Å²) in [4.78, 5) is 175. The molecule has 4 fully saturated rings.